The number of Topliss-reactive ketones (excluding diaryl/α,β-unsaturated/α-hetero) is 1. The summed E-state index contributed by atoms with van der Waals surface area (Å²) in [7, 11) is 5.62. The van der Waals surface area contributed by atoms with E-state index in [1.165, 1.54) is 40.6 Å². The number of ketones is 1. The average molecular weight is 1070 g/mol. The van der Waals surface area contributed by atoms with E-state index >= 15 is 8.78 Å². The molecule has 0 radical (unpaired) electrons. The number of carbonyl (C=O) groups is 5. The Bertz CT molecular complexity index is 2710. The molecule has 3 aromatic carbocycles. The van der Waals surface area contributed by atoms with Crippen molar-refractivity contribution in [2.75, 3.05) is 78.1 Å². The molecule has 0 spiro atoms. The molecule has 2 N–H and O–H groups in total. The molecule has 4 saturated heterocycles. The van der Waals surface area contributed by atoms with Crippen LogP contribution in [0.2, 0.25) is 25.2 Å². The lowest BCUT2D eigenvalue weighted by atomic mass is 9.95. The van der Waals surface area contributed by atoms with Crippen LogP contribution in [0.1, 0.15) is 93.0 Å². The molecule has 3 amide bonds. The van der Waals surface area contributed by atoms with Gasteiger partial charge in [-0.25, -0.2) is 18.6 Å². The van der Waals surface area contributed by atoms with Crippen molar-refractivity contribution < 1.29 is 56.4 Å². The second-order valence-corrected chi connectivity index (χ2v) is 27.2. The maximum Gasteiger partial charge on any atom is 0.407 e. The Kier molecular flexibility index (Phi) is 17.9. The minimum Gasteiger partial charge on any atom is -0.469 e. The molecule has 4 aliphatic heterocycles. The van der Waals surface area contributed by atoms with E-state index in [-0.39, 0.29) is 60.2 Å². The number of esters is 1. The van der Waals surface area contributed by atoms with E-state index in [9.17, 15) is 24.0 Å². The van der Waals surface area contributed by atoms with Crippen molar-refractivity contribution in [3.63, 3.8) is 0 Å². The van der Waals surface area contributed by atoms with Gasteiger partial charge in [0.15, 0.2) is 17.4 Å². The summed E-state index contributed by atoms with van der Waals surface area (Å²) in [5, 5.41) is 2.63. The van der Waals surface area contributed by atoms with Crippen LogP contribution in [-0.2, 0) is 49.3 Å². The van der Waals surface area contributed by atoms with Crippen LogP contribution >= 0.6 is 0 Å². The number of benzene rings is 3. The number of aromatic nitrogens is 2. The summed E-state index contributed by atoms with van der Waals surface area (Å²) in [6, 6.07) is 15.8. The zero-order valence-corrected chi connectivity index (χ0v) is 46.4. The molecule has 4 aromatic rings. The standard InChI is InChI=1S/C56H75F2N7O10Si/c1-33(72-4)40(30-50(67)74-6)54(68)64-31-36(32-71-3)25-48(64)49(66)26-35-12-14-37(15-13-35)45-18-19-46(65(45)39-28-41(57)52(42(58)29-39)62-21-23-76(8,9)24-22-62)38-16-17-43-44(27-38)60-53(59-43)47-11-10-20-63(47)55(69)51(34(2)73-5)61-56(70)75-7/h12-17,27-29,33-34,36,40,45-48,51H,10-11,18-26,30-32H2,1-9H3,(H,59,60)(H,61,70)/t33-,34-,36+,40+,45-,46-,47+,48+,51+/m1/s1. The molecule has 17 nitrogen and oxygen atoms in total. The minimum atomic E-state index is -1.43. The summed E-state index contributed by atoms with van der Waals surface area (Å²) in [4.78, 5) is 82.8. The molecule has 0 aliphatic carbocycles. The van der Waals surface area contributed by atoms with Crippen molar-refractivity contribution in [1.82, 2.24) is 25.1 Å². The van der Waals surface area contributed by atoms with Crippen LogP contribution < -0.4 is 15.1 Å². The van der Waals surface area contributed by atoms with Crippen LogP contribution in [-0.4, -0.2) is 150 Å². The number of ether oxygens (including phenoxy) is 5. The topological polar surface area (TPSA) is 185 Å². The van der Waals surface area contributed by atoms with Crippen LogP contribution in [0.4, 0.5) is 25.0 Å². The number of hydrogen-bond acceptors (Lipinski definition) is 13. The number of nitrogens with one attached hydrogen (secondary N) is 2. The molecule has 0 unspecified atom stereocenters. The summed E-state index contributed by atoms with van der Waals surface area (Å²) in [5.41, 5.74) is 4.41. The molecule has 0 saturated carbocycles. The van der Waals surface area contributed by atoms with Gasteiger partial charge in [-0.15, -0.1) is 0 Å². The Labute approximate surface area is 445 Å². The third kappa shape index (κ3) is 12.1. The van der Waals surface area contributed by atoms with E-state index in [1.807, 2.05) is 47.4 Å². The number of carbonyl (C=O) groups excluding carboxylic acids is 5. The first-order valence-corrected chi connectivity index (χ1v) is 30.0. The number of halogens is 2. The molecule has 4 aliphatic rings. The van der Waals surface area contributed by atoms with E-state index in [2.05, 4.69) is 28.3 Å². The lowest BCUT2D eigenvalue weighted by Crippen LogP contribution is -2.54. The molecule has 8 rings (SSSR count). The molecular weight excluding hydrogens is 997 g/mol. The van der Waals surface area contributed by atoms with Gasteiger partial charge in [-0.3, -0.25) is 19.2 Å². The van der Waals surface area contributed by atoms with Crippen molar-refractivity contribution in [3.05, 3.63) is 88.7 Å². The number of amides is 3. The van der Waals surface area contributed by atoms with Gasteiger partial charge in [0, 0.05) is 65.5 Å². The summed E-state index contributed by atoms with van der Waals surface area (Å²) in [6.07, 6.45) is 1.00. The number of nitrogens with zero attached hydrogens (tertiary/aromatic N) is 5. The lowest BCUT2D eigenvalue weighted by molar-refractivity contribution is -0.152. The molecule has 76 heavy (non-hydrogen) atoms. The fraction of sp³-hybridized carbons (Fsp3) is 0.571. The first-order valence-electron chi connectivity index (χ1n) is 26.6. The fourth-order valence-corrected chi connectivity index (χ4v) is 13.9. The normalized spacial score (nSPS) is 23.1. The van der Waals surface area contributed by atoms with E-state index in [4.69, 9.17) is 28.7 Å². The molecule has 0 bridgehead atoms. The molecule has 20 heteroatoms. The van der Waals surface area contributed by atoms with E-state index in [0.717, 1.165) is 40.7 Å². The van der Waals surface area contributed by atoms with Gasteiger partial charge in [0.2, 0.25) is 11.8 Å². The number of methoxy groups -OCH3 is 5. The van der Waals surface area contributed by atoms with Crippen molar-refractivity contribution in [2.45, 2.75) is 126 Å². The summed E-state index contributed by atoms with van der Waals surface area (Å²) >= 11 is 0. The van der Waals surface area contributed by atoms with Gasteiger partial charge in [0.1, 0.15) is 17.6 Å². The number of alkyl carbamates (subject to hydrolysis) is 1. The average Bonchev–Trinajstić information content (AvgIpc) is 4.27. The summed E-state index contributed by atoms with van der Waals surface area (Å²) < 4.78 is 59.3. The second-order valence-electron chi connectivity index (χ2n) is 21.8. The highest BCUT2D eigenvalue weighted by Crippen LogP contribution is 2.49. The Morgan fingerprint density at radius 2 is 1.45 bits per heavy atom. The first kappa shape index (κ1) is 56.2. The summed E-state index contributed by atoms with van der Waals surface area (Å²) in [6.45, 7) is 10.4. The zero-order chi connectivity index (χ0) is 54.6. The number of H-pyrrole nitrogens is 1. The van der Waals surface area contributed by atoms with E-state index < -0.39 is 62.0 Å². The third-order valence-electron chi connectivity index (χ3n) is 16.5. The van der Waals surface area contributed by atoms with Crippen LogP contribution in [0, 0.1) is 23.5 Å². The maximum atomic E-state index is 16.6. The van der Waals surface area contributed by atoms with Gasteiger partial charge in [0.05, 0.1) is 88.6 Å². The van der Waals surface area contributed by atoms with Gasteiger partial charge in [0.25, 0.3) is 0 Å². The molecule has 412 valence electrons. The fourth-order valence-electron chi connectivity index (χ4n) is 11.9. The Hall–Kier alpha value is -5.96. The number of aromatic amines is 1. The Balaban J connectivity index is 1.08. The molecule has 4 fully saturated rings. The minimum absolute atomic E-state index is 0.00718. The highest BCUT2D eigenvalue weighted by Gasteiger charge is 2.44. The predicted octanol–water partition coefficient (Wildman–Crippen LogP) is 8.06. The smallest absolute Gasteiger partial charge is 0.407 e. The summed E-state index contributed by atoms with van der Waals surface area (Å²) in [5.74, 6) is -2.87. The van der Waals surface area contributed by atoms with E-state index in [1.54, 1.807) is 30.8 Å². The molecule has 1 aromatic heterocycles. The van der Waals surface area contributed by atoms with Crippen LogP contribution in [0.25, 0.3) is 11.0 Å². The molecular formula is C56H75F2N7O10Si. The Morgan fingerprint density at radius 3 is 2.08 bits per heavy atom. The monoisotopic (exact) mass is 1070 g/mol. The first-order chi connectivity index (χ1) is 36.4. The largest absolute Gasteiger partial charge is 0.469 e. The number of fused-ring (bicyclic) bond motifs is 1. The van der Waals surface area contributed by atoms with Gasteiger partial charge in [-0.05, 0) is 99.0 Å². The zero-order valence-electron chi connectivity index (χ0n) is 45.4. The van der Waals surface area contributed by atoms with Gasteiger partial charge in [-0.1, -0.05) is 43.4 Å². The van der Waals surface area contributed by atoms with Crippen molar-refractivity contribution in [1.29, 1.82) is 0 Å². The Morgan fingerprint density at radius 1 is 0.789 bits per heavy atom. The highest BCUT2D eigenvalue weighted by atomic mass is 28.3. The number of hydrogen-bond donors (Lipinski definition) is 2. The van der Waals surface area contributed by atoms with Crippen LogP contribution in [0.15, 0.2) is 54.6 Å². The molecule has 5 heterocycles. The maximum absolute atomic E-state index is 16.6. The van der Waals surface area contributed by atoms with Crippen LogP contribution in [0.5, 0.6) is 0 Å². The predicted molar refractivity (Wildman–Crippen MR) is 286 cm³/mol. The number of rotatable bonds is 19. The quantitative estimate of drug-likeness (QED) is 0.0680. The van der Waals surface area contributed by atoms with Crippen molar-refractivity contribution in [2.24, 2.45) is 11.8 Å². The highest BCUT2D eigenvalue weighted by molar-refractivity contribution is 6.77. The SMILES string of the molecule is COC[C@H]1C[C@@H](C(=O)Cc2ccc([C@H]3CC[C@H](c4ccc5nc([C@@H]6CCCN6C(=O)[C@@H](NC(=O)OC)[C@@H](C)OC)[nH]c5c4)N3c3cc(F)c(N4CC[Si](C)(C)CC4)c(F)c3)cc2)N(C(=O)[C@@H](CC(=O)OC)[C@@H](C)OC)C1. The number of anilines is 2. The third-order valence-corrected chi connectivity index (χ3v) is 19.7. The lowest BCUT2D eigenvalue weighted by Gasteiger charge is -2.38. The van der Waals surface area contributed by atoms with Crippen molar-refractivity contribution >= 4 is 60.1 Å². The molecule has 9 atom stereocenters. The van der Waals surface area contributed by atoms with Gasteiger partial charge < -0.3 is 53.6 Å². The number of imidazole rings is 1. The second kappa shape index (κ2) is 24.1. The van der Waals surface area contributed by atoms with Gasteiger partial charge >= 0.3 is 12.1 Å². The van der Waals surface area contributed by atoms with Gasteiger partial charge in [-0.2, -0.15) is 0 Å². The van der Waals surface area contributed by atoms with Crippen LogP contribution in [0.3, 0.4) is 0 Å². The van der Waals surface area contributed by atoms with Crippen molar-refractivity contribution in [3.8, 4) is 0 Å². The van der Waals surface area contributed by atoms with E-state index in [0.29, 0.717) is 75.5 Å². The number of likely N-dealkylation sites (tertiary alicyclic amines) is 2.